The molecule has 0 bridgehead atoms. The zero-order chi connectivity index (χ0) is 14.6. The first-order valence-corrected chi connectivity index (χ1v) is 7.44. The van der Waals surface area contributed by atoms with Crippen LogP contribution in [0, 0.1) is 5.82 Å². The Kier molecular flexibility index (Phi) is 5.38. The molecule has 20 heavy (non-hydrogen) atoms. The molecule has 0 saturated heterocycles. The summed E-state index contributed by atoms with van der Waals surface area (Å²) < 4.78 is 19.2. The maximum Gasteiger partial charge on any atom is 0.123 e. The second-order valence-electron chi connectivity index (χ2n) is 5.49. The van der Waals surface area contributed by atoms with Gasteiger partial charge in [-0.25, -0.2) is 4.39 Å². The highest BCUT2D eigenvalue weighted by atomic mass is 35.5. The predicted octanol–water partition coefficient (Wildman–Crippen LogP) is 3.20. The van der Waals surface area contributed by atoms with Crippen molar-refractivity contribution >= 4 is 11.6 Å². The summed E-state index contributed by atoms with van der Waals surface area (Å²) in [6.07, 6.45) is 5.96. The highest BCUT2D eigenvalue weighted by Gasteiger charge is 2.39. The largest absolute Gasteiger partial charge is 0.377 e. The van der Waals surface area contributed by atoms with E-state index in [1.54, 1.807) is 13.2 Å². The quantitative estimate of drug-likeness (QED) is 0.648. The summed E-state index contributed by atoms with van der Waals surface area (Å²) in [5, 5.41) is 0.564. The van der Waals surface area contributed by atoms with Crippen molar-refractivity contribution in [2.24, 2.45) is 5.84 Å². The lowest BCUT2D eigenvalue weighted by atomic mass is 9.77. The molecule has 5 heteroatoms. The van der Waals surface area contributed by atoms with Crippen molar-refractivity contribution in [2.75, 3.05) is 7.11 Å². The Balaban J connectivity index is 2.21. The zero-order valence-electron chi connectivity index (χ0n) is 11.8. The number of rotatable bonds is 5. The molecule has 3 N–H and O–H groups in total. The van der Waals surface area contributed by atoms with E-state index >= 15 is 0 Å². The second kappa shape index (κ2) is 6.85. The van der Waals surface area contributed by atoms with Gasteiger partial charge in [0.1, 0.15) is 5.82 Å². The summed E-state index contributed by atoms with van der Waals surface area (Å²) in [6, 6.07) is 4.34. The normalized spacial score (nSPS) is 19.8. The summed E-state index contributed by atoms with van der Waals surface area (Å²) in [7, 11) is 1.73. The second-order valence-corrected chi connectivity index (χ2v) is 5.90. The molecular weight excluding hydrogens is 279 g/mol. The third-order valence-corrected chi connectivity index (χ3v) is 4.74. The number of nitrogens with two attached hydrogens (primary N) is 1. The van der Waals surface area contributed by atoms with Gasteiger partial charge in [0.05, 0.1) is 11.6 Å². The number of ether oxygens (including phenoxy) is 1. The maximum atomic E-state index is 13.4. The number of hydrogen-bond acceptors (Lipinski definition) is 3. The van der Waals surface area contributed by atoms with E-state index in [1.807, 2.05) is 0 Å². The van der Waals surface area contributed by atoms with Gasteiger partial charge in [-0.05, 0) is 43.0 Å². The van der Waals surface area contributed by atoms with Crippen LogP contribution in [-0.2, 0) is 11.2 Å². The Morgan fingerprint density at radius 2 is 2.10 bits per heavy atom. The third-order valence-electron chi connectivity index (χ3n) is 4.37. The number of methoxy groups -OCH3 is 1. The smallest absolute Gasteiger partial charge is 0.123 e. The number of halogens is 2. The van der Waals surface area contributed by atoms with Gasteiger partial charge in [-0.3, -0.25) is 11.3 Å². The van der Waals surface area contributed by atoms with Crippen LogP contribution in [0.1, 0.15) is 37.7 Å². The maximum absolute atomic E-state index is 13.4. The van der Waals surface area contributed by atoms with Crippen LogP contribution in [0.25, 0.3) is 0 Å². The van der Waals surface area contributed by atoms with Crippen LogP contribution in [0.3, 0.4) is 0 Å². The fraction of sp³-hybridized carbons (Fsp3) is 0.600. The van der Waals surface area contributed by atoms with E-state index in [0.29, 0.717) is 11.4 Å². The Labute approximate surface area is 124 Å². The monoisotopic (exact) mass is 300 g/mol. The first-order valence-electron chi connectivity index (χ1n) is 7.06. The third kappa shape index (κ3) is 3.31. The fourth-order valence-electron chi connectivity index (χ4n) is 3.16. The number of hydrogen-bond donors (Lipinski definition) is 2. The molecule has 0 aromatic heterocycles. The molecule has 1 aromatic carbocycles. The van der Waals surface area contributed by atoms with Crippen molar-refractivity contribution in [1.29, 1.82) is 0 Å². The molecule has 0 heterocycles. The average molecular weight is 301 g/mol. The van der Waals surface area contributed by atoms with Crippen molar-refractivity contribution in [3.8, 4) is 0 Å². The van der Waals surface area contributed by atoms with Gasteiger partial charge >= 0.3 is 0 Å². The van der Waals surface area contributed by atoms with E-state index in [1.165, 1.54) is 18.6 Å². The van der Waals surface area contributed by atoms with Crippen molar-refractivity contribution in [3.63, 3.8) is 0 Å². The lowest BCUT2D eigenvalue weighted by molar-refractivity contribution is -0.0673. The van der Waals surface area contributed by atoms with Crippen molar-refractivity contribution in [2.45, 2.75) is 50.2 Å². The lowest BCUT2D eigenvalue weighted by Crippen LogP contribution is -2.56. The van der Waals surface area contributed by atoms with Gasteiger partial charge in [0, 0.05) is 12.1 Å². The van der Waals surface area contributed by atoms with Crippen LogP contribution < -0.4 is 11.3 Å². The number of benzene rings is 1. The first-order chi connectivity index (χ1) is 9.61. The lowest BCUT2D eigenvalue weighted by Gasteiger charge is -2.42. The van der Waals surface area contributed by atoms with Gasteiger partial charge in [0.2, 0.25) is 0 Å². The minimum Gasteiger partial charge on any atom is -0.377 e. The summed E-state index contributed by atoms with van der Waals surface area (Å²) in [6.45, 7) is 0. The van der Waals surface area contributed by atoms with E-state index in [-0.39, 0.29) is 17.5 Å². The molecule has 2 rings (SSSR count). The molecule has 3 nitrogen and oxygen atoms in total. The number of nitrogens with one attached hydrogen (secondary N) is 1. The molecule has 1 aromatic rings. The highest BCUT2D eigenvalue weighted by Crippen LogP contribution is 2.35. The number of hydrazine groups is 1. The van der Waals surface area contributed by atoms with Crippen LogP contribution in [-0.4, -0.2) is 18.8 Å². The molecular formula is C15H22ClFN2O. The minimum atomic E-state index is -0.289. The first kappa shape index (κ1) is 15.7. The topological polar surface area (TPSA) is 47.3 Å². The zero-order valence-corrected chi connectivity index (χ0v) is 12.5. The van der Waals surface area contributed by atoms with E-state index in [4.69, 9.17) is 22.2 Å². The molecule has 0 spiro atoms. The molecule has 1 aliphatic carbocycles. The molecule has 1 aliphatic rings. The Morgan fingerprint density at radius 3 is 2.70 bits per heavy atom. The van der Waals surface area contributed by atoms with E-state index < -0.39 is 0 Å². The predicted molar refractivity (Wildman–Crippen MR) is 79.1 cm³/mol. The Morgan fingerprint density at radius 1 is 1.40 bits per heavy atom. The van der Waals surface area contributed by atoms with Crippen molar-refractivity contribution in [3.05, 3.63) is 34.6 Å². The van der Waals surface area contributed by atoms with E-state index in [0.717, 1.165) is 31.2 Å². The minimum absolute atomic E-state index is 0.0768. The average Bonchev–Trinajstić information content (AvgIpc) is 2.48. The summed E-state index contributed by atoms with van der Waals surface area (Å²) in [4.78, 5) is 0. The Bertz CT molecular complexity index is 449. The Hall–Kier alpha value is -0.680. The fourth-order valence-corrected chi connectivity index (χ4v) is 3.36. The summed E-state index contributed by atoms with van der Waals surface area (Å²) in [5.74, 6) is 5.45. The van der Waals surface area contributed by atoms with Crippen LogP contribution in [0.15, 0.2) is 18.2 Å². The van der Waals surface area contributed by atoms with Crippen LogP contribution in [0.4, 0.5) is 4.39 Å². The van der Waals surface area contributed by atoms with Crippen molar-refractivity contribution in [1.82, 2.24) is 5.43 Å². The van der Waals surface area contributed by atoms with Crippen molar-refractivity contribution < 1.29 is 9.13 Å². The molecule has 1 fully saturated rings. The highest BCUT2D eigenvalue weighted by molar-refractivity contribution is 6.31. The molecule has 1 unspecified atom stereocenters. The van der Waals surface area contributed by atoms with Gasteiger partial charge in [0.15, 0.2) is 0 Å². The van der Waals surface area contributed by atoms with Gasteiger partial charge in [-0.15, -0.1) is 0 Å². The van der Waals surface area contributed by atoms with Gasteiger partial charge < -0.3 is 4.74 Å². The van der Waals surface area contributed by atoms with Gasteiger partial charge in [-0.2, -0.15) is 0 Å². The van der Waals surface area contributed by atoms with E-state index in [9.17, 15) is 4.39 Å². The van der Waals surface area contributed by atoms with Gasteiger partial charge in [-0.1, -0.05) is 30.9 Å². The van der Waals surface area contributed by atoms with Crippen LogP contribution >= 0.6 is 11.6 Å². The summed E-state index contributed by atoms with van der Waals surface area (Å²) in [5.41, 5.74) is 3.32. The molecule has 0 aliphatic heterocycles. The van der Waals surface area contributed by atoms with Gasteiger partial charge in [0.25, 0.3) is 0 Å². The standard InChI is InChI=1S/C15H22ClFN2O/c1-20-15(7-3-2-4-8-15)14(19-18)10-11-9-12(17)5-6-13(11)16/h5-6,9,14,19H,2-4,7-8,10,18H2,1H3. The molecule has 1 saturated carbocycles. The van der Waals surface area contributed by atoms with E-state index in [2.05, 4.69) is 5.43 Å². The molecule has 0 radical (unpaired) electrons. The van der Waals surface area contributed by atoms with Crippen LogP contribution in [0.5, 0.6) is 0 Å². The SMILES string of the molecule is COC1(C(Cc2cc(F)ccc2Cl)NN)CCCCC1. The molecule has 112 valence electrons. The molecule has 1 atom stereocenters. The van der Waals surface area contributed by atoms with Crippen LogP contribution in [0.2, 0.25) is 5.02 Å². The summed E-state index contributed by atoms with van der Waals surface area (Å²) >= 11 is 6.15. The molecule has 0 amide bonds.